The summed E-state index contributed by atoms with van der Waals surface area (Å²) in [4.78, 5) is 20.6. The zero-order valence-electron chi connectivity index (χ0n) is 14.2. The van der Waals surface area contributed by atoms with Crippen LogP contribution in [0.1, 0.15) is 6.42 Å². The van der Waals surface area contributed by atoms with E-state index in [9.17, 15) is 36.5 Å². The average molecular weight is 448 g/mol. The molecule has 0 aliphatic rings. The highest BCUT2D eigenvalue weighted by molar-refractivity contribution is 7.89. The van der Waals surface area contributed by atoms with E-state index < -0.39 is 50.5 Å². The van der Waals surface area contributed by atoms with E-state index in [4.69, 9.17) is 5.11 Å². The van der Waals surface area contributed by atoms with E-state index in [0.29, 0.717) is 6.08 Å². The topological polar surface area (TPSA) is 139 Å². The number of alkyl halides is 3. The van der Waals surface area contributed by atoms with E-state index >= 15 is 0 Å². The molecule has 9 nitrogen and oxygen atoms in total. The zero-order chi connectivity index (χ0) is 20.8. The Morgan fingerprint density at radius 3 is 2.25 bits per heavy atom. The normalized spacial score (nSPS) is 14.3. The van der Waals surface area contributed by atoms with Gasteiger partial charge in [-0.3, -0.25) is 14.9 Å². The Morgan fingerprint density at radius 1 is 1.32 bits per heavy atom. The summed E-state index contributed by atoms with van der Waals surface area (Å²) in [5.74, 6) is -1.60. The summed E-state index contributed by atoms with van der Waals surface area (Å²) in [6.45, 7) is 0. The molecule has 0 unspecified atom stereocenters. The molecule has 0 fully saturated rings. The first-order chi connectivity index (χ1) is 12.4. The fraction of sp³-hybridized carbons (Fsp3) is 0.357. The number of carboxylic acids is 1. The van der Waals surface area contributed by atoms with Crippen LogP contribution in [-0.4, -0.2) is 49.7 Å². The smallest absolute Gasteiger partial charge is 0.407 e. The minimum absolute atomic E-state index is 0. The molecule has 28 heavy (non-hydrogen) atoms. The van der Waals surface area contributed by atoms with Crippen LogP contribution in [0.15, 0.2) is 41.3 Å². The molecule has 1 aromatic rings. The summed E-state index contributed by atoms with van der Waals surface area (Å²) in [5.41, 5.74) is -0.364. The molecule has 0 aliphatic carbocycles. The van der Waals surface area contributed by atoms with Crippen molar-refractivity contribution in [3.8, 4) is 0 Å². The third-order valence-electron chi connectivity index (χ3n) is 3.32. The van der Waals surface area contributed by atoms with Gasteiger partial charge in [0.25, 0.3) is 5.69 Å². The van der Waals surface area contributed by atoms with Crippen LogP contribution < -0.4 is 10.0 Å². The molecular formula is C14H17ClF3N3O6S. The van der Waals surface area contributed by atoms with Gasteiger partial charge in [-0.1, -0.05) is 12.2 Å². The zero-order valence-corrected chi connectivity index (χ0v) is 15.8. The van der Waals surface area contributed by atoms with E-state index in [0.717, 1.165) is 37.4 Å². The molecule has 0 saturated carbocycles. The lowest BCUT2D eigenvalue weighted by molar-refractivity contribution is -0.384. The molecule has 158 valence electrons. The van der Waals surface area contributed by atoms with Gasteiger partial charge < -0.3 is 10.4 Å². The Labute approximate surface area is 164 Å². The van der Waals surface area contributed by atoms with E-state index in [1.807, 2.05) is 10.0 Å². The summed E-state index contributed by atoms with van der Waals surface area (Å²) < 4.78 is 64.0. The third-order valence-corrected chi connectivity index (χ3v) is 4.80. The fourth-order valence-electron chi connectivity index (χ4n) is 1.92. The highest BCUT2D eigenvalue weighted by Gasteiger charge is 2.36. The Bertz CT molecular complexity index is 815. The van der Waals surface area contributed by atoms with Crippen molar-refractivity contribution in [2.24, 2.45) is 0 Å². The summed E-state index contributed by atoms with van der Waals surface area (Å²) in [6, 6.07) is -0.0764. The number of carboxylic acid groups (broad SMARTS) is 1. The van der Waals surface area contributed by atoms with Gasteiger partial charge in [0.15, 0.2) is 0 Å². The number of nitro benzene ring substituents is 1. The number of aliphatic carboxylic acids is 1. The standard InChI is InChI=1S/C14H16F3N3O6S.ClH/c1-18-12(14(15,16)17)4-2-3-11(13(21)22)19-27(25,26)10-7-5-9(6-8-10)20(23)24;/h2,4-8,11-12,18-19H,3H2,1H3,(H,21,22);1H/t11-,12+;/m0./s1. The summed E-state index contributed by atoms with van der Waals surface area (Å²) in [7, 11) is -3.29. The first-order valence-electron chi connectivity index (χ1n) is 7.28. The van der Waals surface area contributed by atoms with Crippen LogP contribution in [0.5, 0.6) is 0 Å². The molecular weight excluding hydrogens is 431 g/mol. The van der Waals surface area contributed by atoms with E-state index in [1.165, 1.54) is 0 Å². The molecule has 0 bridgehead atoms. The first-order valence-corrected chi connectivity index (χ1v) is 8.77. The highest BCUT2D eigenvalue weighted by atomic mass is 35.5. The second-order valence-electron chi connectivity index (χ2n) is 5.23. The largest absolute Gasteiger partial charge is 0.480 e. The van der Waals surface area contributed by atoms with Crippen molar-refractivity contribution < 1.29 is 36.4 Å². The molecule has 0 radical (unpaired) electrons. The summed E-state index contributed by atoms with van der Waals surface area (Å²) in [6.07, 6.45) is -3.57. The Kier molecular flexibility index (Phi) is 9.54. The maximum absolute atomic E-state index is 12.6. The van der Waals surface area contributed by atoms with Gasteiger partial charge >= 0.3 is 12.1 Å². The number of nitrogens with one attached hydrogen (secondary N) is 2. The Hall–Kier alpha value is -2.22. The monoisotopic (exact) mass is 447 g/mol. The fourth-order valence-corrected chi connectivity index (χ4v) is 3.12. The second kappa shape index (κ2) is 10.4. The number of carbonyl (C=O) groups is 1. The van der Waals surface area contributed by atoms with Crippen molar-refractivity contribution in [2.75, 3.05) is 7.05 Å². The van der Waals surface area contributed by atoms with Crippen molar-refractivity contribution in [2.45, 2.75) is 29.6 Å². The van der Waals surface area contributed by atoms with E-state index in [2.05, 4.69) is 0 Å². The molecule has 0 saturated heterocycles. The van der Waals surface area contributed by atoms with Crippen molar-refractivity contribution >= 4 is 34.1 Å². The van der Waals surface area contributed by atoms with Crippen LogP contribution in [0.3, 0.4) is 0 Å². The molecule has 3 N–H and O–H groups in total. The maximum Gasteiger partial charge on any atom is 0.407 e. The minimum atomic E-state index is -4.60. The van der Waals surface area contributed by atoms with Crippen LogP contribution in [0.25, 0.3) is 0 Å². The van der Waals surface area contributed by atoms with Gasteiger partial charge in [0, 0.05) is 12.1 Å². The van der Waals surface area contributed by atoms with Gasteiger partial charge in [-0.15, -0.1) is 12.4 Å². The number of nitrogens with zero attached hydrogens (tertiary/aromatic N) is 1. The predicted octanol–water partition coefficient (Wildman–Crippen LogP) is 1.84. The Balaban J connectivity index is 0.00000729. The van der Waals surface area contributed by atoms with Crippen molar-refractivity contribution in [3.63, 3.8) is 0 Å². The summed E-state index contributed by atoms with van der Waals surface area (Å²) in [5, 5.41) is 21.6. The first kappa shape index (κ1) is 25.8. The molecule has 1 aromatic carbocycles. The maximum atomic E-state index is 12.6. The number of hydrogen-bond acceptors (Lipinski definition) is 6. The van der Waals surface area contributed by atoms with Crippen LogP contribution in [-0.2, 0) is 14.8 Å². The average Bonchev–Trinajstić information content (AvgIpc) is 2.56. The number of rotatable bonds is 9. The lowest BCUT2D eigenvalue weighted by Crippen LogP contribution is -2.41. The lowest BCUT2D eigenvalue weighted by Gasteiger charge is -2.16. The highest BCUT2D eigenvalue weighted by Crippen LogP contribution is 2.21. The lowest BCUT2D eigenvalue weighted by atomic mass is 10.2. The number of hydrogen-bond donors (Lipinski definition) is 3. The number of halogens is 4. The van der Waals surface area contributed by atoms with Crippen LogP contribution >= 0.6 is 12.4 Å². The van der Waals surface area contributed by atoms with Crippen molar-refractivity contribution in [1.29, 1.82) is 0 Å². The quantitative estimate of drug-likeness (QED) is 0.298. The molecule has 0 heterocycles. The van der Waals surface area contributed by atoms with E-state index in [-0.39, 0.29) is 18.1 Å². The SMILES string of the molecule is CN[C@H](C=CC[C@H](NS(=O)(=O)c1ccc([N+](=O)[O-])cc1)C(=O)O)C(F)(F)F.Cl. The molecule has 1 rings (SSSR count). The van der Waals surface area contributed by atoms with Gasteiger partial charge in [-0.25, -0.2) is 8.42 Å². The molecule has 0 spiro atoms. The number of benzene rings is 1. The second-order valence-corrected chi connectivity index (χ2v) is 6.95. The van der Waals surface area contributed by atoms with Gasteiger partial charge in [0.2, 0.25) is 10.0 Å². The third kappa shape index (κ3) is 7.42. The molecule has 0 aromatic heterocycles. The predicted molar refractivity (Wildman–Crippen MR) is 94.7 cm³/mol. The van der Waals surface area contributed by atoms with Gasteiger partial charge in [-0.05, 0) is 25.6 Å². The number of non-ortho nitro benzene ring substituents is 1. The summed E-state index contributed by atoms with van der Waals surface area (Å²) >= 11 is 0. The molecule has 0 amide bonds. The van der Waals surface area contributed by atoms with Crippen LogP contribution in [0.2, 0.25) is 0 Å². The molecule has 2 atom stereocenters. The van der Waals surface area contributed by atoms with Gasteiger partial charge in [0.05, 0.1) is 9.82 Å². The minimum Gasteiger partial charge on any atom is -0.480 e. The molecule has 0 aliphatic heterocycles. The Morgan fingerprint density at radius 2 is 1.86 bits per heavy atom. The van der Waals surface area contributed by atoms with Crippen molar-refractivity contribution in [1.82, 2.24) is 10.0 Å². The molecule has 14 heteroatoms. The van der Waals surface area contributed by atoms with Crippen LogP contribution in [0.4, 0.5) is 18.9 Å². The van der Waals surface area contributed by atoms with E-state index in [1.54, 1.807) is 0 Å². The van der Waals surface area contributed by atoms with Gasteiger partial charge in [-0.2, -0.15) is 17.9 Å². The van der Waals surface area contributed by atoms with Gasteiger partial charge in [0.1, 0.15) is 12.1 Å². The number of nitro groups is 1. The number of sulfonamides is 1. The van der Waals surface area contributed by atoms with Crippen LogP contribution in [0, 0.1) is 10.1 Å². The number of likely N-dealkylation sites (N-methyl/N-ethyl adjacent to an activating group) is 1. The van der Waals surface area contributed by atoms with Crippen molar-refractivity contribution in [3.05, 3.63) is 46.5 Å².